The van der Waals surface area contributed by atoms with E-state index in [1.54, 1.807) is 4.90 Å². The van der Waals surface area contributed by atoms with Crippen molar-refractivity contribution in [3.63, 3.8) is 0 Å². The minimum Gasteiger partial charge on any atom is -0.444 e. The average Bonchev–Trinajstić information content (AvgIpc) is 3.84. The first kappa shape index (κ1) is 34.9. The second-order valence-electron chi connectivity index (χ2n) is 17.0. The van der Waals surface area contributed by atoms with Crippen molar-refractivity contribution in [1.82, 2.24) is 29.7 Å². The van der Waals surface area contributed by atoms with Crippen molar-refractivity contribution < 1.29 is 19.1 Å². The lowest BCUT2D eigenvalue weighted by molar-refractivity contribution is -0.0212. The van der Waals surface area contributed by atoms with Crippen LogP contribution in [0.15, 0.2) is 60.7 Å². The summed E-state index contributed by atoms with van der Waals surface area (Å²) >= 11 is 0. The number of amides is 2. The molecule has 1 saturated carbocycles. The Kier molecular flexibility index (Phi) is 8.42. The third-order valence-corrected chi connectivity index (χ3v) is 11.0. The molecule has 2 amide bonds. The zero-order valence-electron chi connectivity index (χ0n) is 31.9. The molecular formula is C43H50N6O4. The maximum atomic E-state index is 13.0. The molecule has 1 unspecified atom stereocenters. The molecule has 10 nitrogen and oxygen atoms in total. The van der Waals surface area contributed by atoms with Gasteiger partial charge in [0.05, 0.1) is 28.5 Å². The van der Waals surface area contributed by atoms with Gasteiger partial charge in [-0.2, -0.15) is 0 Å². The molecular weight excluding hydrogens is 665 g/mol. The van der Waals surface area contributed by atoms with Crippen molar-refractivity contribution in [3.05, 3.63) is 83.6 Å². The van der Waals surface area contributed by atoms with Gasteiger partial charge in [0.1, 0.15) is 28.4 Å². The second-order valence-corrected chi connectivity index (χ2v) is 17.0. The molecule has 2 N–H and O–H groups in total. The molecule has 53 heavy (non-hydrogen) atoms. The van der Waals surface area contributed by atoms with E-state index in [1.807, 2.05) is 53.5 Å². The van der Waals surface area contributed by atoms with Crippen LogP contribution in [0, 0.1) is 0 Å². The van der Waals surface area contributed by atoms with Crippen molar-refractivity contribution in [1.29, 1.82) is 0 Å². The fourth-order valence-corrected chi connectivity index (χ4v) is 8.07. The smallest absolute Gasteiger partial charge is 0.410 e. The number of benzene rings is 3. The minimum absolute atomic E-state index is 0.0991. The molecule has 276 valence electrons. The van der Waals surface area contributed by atoms with E-state index in [2.05, 4.69) is 70.6 Å². The summed E-state index contributed by atoms with van der Waals surface area (Å²) in [6, 6.07) is 21.6. The topological polar surface area (TPSA) is 116 Å². The molecule has 3 heterocycles. The second kappa shape index (κ2) is 12.8. The Morgan fingerprint density at radius 2 is 1.47 bits per heavy atom. The number of rotatable bonds is 5. The normalized spacial score (nSPS) is 17.9. The molecule has 2 aliphatic carbocycles. The number of hydrogen-bond acceptors (Lipinski definition) is 6. The molecule has 3 aliphatic rings. The standard InChI is InChI=1S/C43H50N6O4/c1-41(2,3)52-39(50)48(7)43(21-9-22-43)38-45-32-19-16-29(25-34(32)46-38)27-13-11-26(12-14-27)28-15-18-31-30(24-28)17-20-33-36(31)47-37(44-33)35-10-8-23-49(35)40(51)53-42(4,5)6/h11-16,18-19,24-25,35H,8-10,17,20-23H2,1-7H3,(H,44,47)(H,45,46). The number of H-pyrrole nitrogens is 2. The number of fused-ring (bicyclic) bond motifs is 4. The van der Waals surface area contributed by atoms with Crippen molar-refractivity contribution >= 4 is 23.2 Å². The SMILES string of the molecule is CN(C(=O)OC(C)(C)C)C1(c2nc3ccc(-c4ccc(-c5ccc6c(c5)CCc5nc(C7CCCN7C(=O)OC(C)(C)C)[nH]c5-6)cc4)cc3[nH]2)CCC1. The van der Waals surface area contributed by atoms with E-state index in [0.29, 0.717) is 6.54 Å². The van der Waals surface area contributed by atoms with E-state index in [-0.39, 0.29) is 18.2 Å². The predicted octanol–water partition coefficient (Wildman–Crippen LogP) is 9.70. The highest BCUT2D eigenvalue weighted by atomic mass is 16.6. The average molecular weight is 715 g/mol. The first-order chi connectivity index (χ1) is 25.2. The van der Waals surface area contributed by atoms with E-state index in [1.165, 1.54) is 16.7 Å². The summed E-state index contributed by atoms with van der Waals surface area (Å²) in [4.78, 5) is 46.7. The van der Waals surface area contributed by atoms with Crippen LogP contribution in [0.5, 0.6) is 0 Å². The molecule has 0 radical (unpaired) electrons. The lowest BCUT2D eigenvalue weighted by atomic mass is 9.75. The van der Waals surface area contributed by atoms with Crippen LogP contribution in [0.2, 0.25) is 0 Å². The van der Waals surface area contributed by atoms with E-state index in [0.717, 1.165) is 95.7 Å². The van der Waals surface area contributed by atoms with Crippen LogP contribution >= 0.6 is 0 Å². The van der Waals surface area contributed by atoms with Gasteiger partial charge in [-0.15, -0.1) is 0 Å². The van der Waals surface area contributed by atoms with Gasteiger partial charge in [0.15, 0.2) is 0 Å². The Balaban J connectivity index is 0.996. The van der Waals surface area contributed by atoms with Gasteiger partial charge in [0.2, 0.25) is 0 Å². The minimum atomic E-state index is -0.562. The number of nitrogens with one attached hydrogen (secondary N) is 2. The molecule has 8 rings (SSSR count). The van der Waals surface area contributed by atoms with Crippen LogP contribution < -0.4 is 0 Å². The molecule has 1 aliphatic heterocycles. The first-order valence-corrected chi connectivity index (χ1v) is 19.0. The van der Waals surface area contributed by atoms with Crippen LogP contribution in [0.1, 0.15) is 103 Å². The number of aromatic amines is 2. The number of aryl methyl sites for hydroxylation is 2. The summed E-state index contributed by atoms with van der Waals surface area (Å²) in [6.07, 6.45) is 5.71. The van der Waals surface area contributed by atoms with Gasteiger partial charge in [-0.1, -0.05) is 48.5 Å². The Bertz CT molecular complexity index is 2200. The van der Waals surface area contributed by atoms with Crippen molar-refractivity contribution in [3.8, 4) is 33.5 Å². The fourth-order valence-electron chi connectivity index (χ4n) is 8.07. The van der Waals surface area contributed by atoms with Crippen LogP contribution in [-0.4, -0.2) is 66.7 Å². The zero-order chi connectivity index (χ0) is 37.3. The van der Waals surface area contributed by atoms with Crippen molar-refractivity contribution in [2.45, 2.75) is 109 Å². The summed E-state index contributed by atoms with van der Waals surface area (Å²) in [6.45, 7) is 12.1. The van der Waals surface area contributed by atoms with Crippen molar-refractivity contribution in [2.75, 3.05) is 13.6 Å². The van der Waals surface area contributed by atoms with E-state index in [4.69, 9.17) is 19.4 Å². The van der Waals surface area contributed by atoms with Gasteiger partial charge in [0.25, 0.3) is 0 Å². The van der Waals surface area contributed by atoms with Crippen LogP contribution in [0.3, 0.4) is 0 Å². The first-order valence-electron chi connectivity index (χ1n) is 19.0. The Morgan fingerprint density at radius 3 is 2.13 bits per heavy atom. The van der Waals surface area contributed by atoms with Crippen LogP contribution in [0.4, 0.5) is 9.59 Å². The van der Waals surface area contributed by atoms with Gasteiger partial charge < -0.3 is 19.4 Å². The number of carbonyl (C=O) groups is 2. The number of imidazole rings is 2. The van der Waals surface area contributed by atoms with Crippen molar-refractivity contribution in [2.24, 2.45) is 0 Å². The van der Waals surface area contributed by atoms with E-state index in [9.17, 15) is 9.59 Å². The third-order valence-electron chi connectivity index (χ3n) is 11.0. The molecule has 1 saturated heterocycles. The summed E-state index contributed by atoms with van der Waals surface area (Å²) in [7, 11) is 1.82. The number of likely N-dealkylation sites (tertiary alicyclic amines) is 1. The molecule has 2 fully saturated rings. The molecule has 1 atom stereocenters. The van der Waals surface area contributed by atoms with E-state index >= 15 is 0 Å². The molecule has 10 heteroatoms. The highest BCUT2D eigenvalue weighted by molar-refractivity contribution is 5.83. The van der Waals surface area contributed by atoms with Gasteiger partial charge in [-0.05, 0) is 126 Å². The maximum absolute atomic E-state index is 13.0. The van der Waals surface area contributed by atoms with Crippen LogP contribution in [-0.2, 0) is 27.9 Å². The lowest BCUT2D eigenvalue weighted by Gasteiger charge is -2.46. The molecule has 2 aromatic heterocycles. The Hall–Kier alpha value is -5.12. The maximum Gasteiger partial charge on any atom is 0.410 e. The van der Waals surface area contributed by atoms with Gasteiger partial charge in [-0.25, -0.2) is 19.6 Å². The highest BCUT2D eigenvalue weighted by Gasteiger charge is 2.48. The van der Waals surface area contributed by atoms with Crippen LogP contribution in [0.25, 0.3) is 44.5 Å². The summed E-state index contributed by atoms with van der Waals surface area (Å²) < 4.78 is 11.4. The van der Waals surface area contributed by atoms with Gasteiger partial charge >= 0.3 is 12.2 Å². The van der Waals surface area contributed by atoms with Gasteiger partial charge in [0, 0.05) is 19.2 Å². The Morgan fingerprint density at radius 1 is 0.811 bits per heavy atom. The monoisotopic (exact) mass is 714 g/mol. The number of ether oxygens (including phenoxy) is 2. The predicted molar refractivity (Wildman–Crippen MR) is 206 cm³/mol. The zero-order valence-corrected chi connectivity index (χ0v) is 31.9. The number of carbonyl (C=O) groups excluding carboxylic acids is 2. The highest BCUT2D eigenvalue weighted by Crippen LogP contribution is 2.46. The molecule has 3 aromatic carbocycles. The summed E-state index contributed by atoms with van der Waals surface area (Å²) in [5.41, 5.74) is 9.42. The summed E-state index contributed by atoms with van der Waals surface area (Å²) in [5, 5.41) is 0. The quantitative estimate of drug-likeness (QED) is 0.187. The van der Waals surface area contributed by atoms with E-state index < -0.39 is 16.7 Å². The molecule has 0 spiro atoms. The summed E-state index contributed by atoms with van der Waals surface area (Å²) in [5.74, 6) is 1.66. The molecule has 0 bridgehead atoms. The van der Waals surface area contributed by atoms with Gasteiger partial charge in [-0.3, -0.25) is 9.80 Å². The largest absolute Gasteiger partial charge is 0.444 e. The molecule has 5 aromatic rings. The Labute approximate surface area is 311 Å². The fraction of sp³-hybridized carbons (Fsp3) is 0.442. The third kappa shape index (κ3) is 6.57. The lowest BCUT2D eigenvalue weighted by Crippen LogP contribution is -2.53. The number of nitrogens with zero attached hydrogens (tertiary/aromatic N) is 4. The number of hydrogen-bond donors (Lipinski definition) is 2. The number of aromatic nitrogens is 4.